The van der Waals surface area contributed by atoms with Crippen molar-refractivity contribution in [2.24, 2.45) is 5.73 Å². The van der Waals surface area contributed by atoms with Gasteiger partial charge < -0.3 is 21.1 Å². The average molecular weight is 483 g/mol. The lowest BCUT2D eigenvalue weighted by Gasteiger charge is -2.32. The van der Waals surface area contributed by atoms with Gasteiger partial charge >= 0.3 is 5.97 Å². The Kier molecular flexibility index (Phi) is 8.98. The van der Waals surface area contributed by atoms with Crippen LogP contribution in [-0.4, -0.2) is 52.5 Å². The lowest BCUT2D eigenvalue weighted by molar-refractivity contribution is -0.137. The third kappa shape index (κ3) is 6.53. The minimum absolute atomic E-state index is 0.0332. The number of halogens is 1. The molecule has 4 N–H and O–H groups in total. The van der Waals surface area contributed by atoms with Crippen LogP contribution in [0.25, 0.3) is 22.2 Å². The van der Waals surface area contributed by atoms with Gasteiger partial charge in [0, 0.05) is 55.2 Å². The summed E-state index contributed by atoms with van der Waals surface area (Å²) in [6.07, 6.45) is 1.02. The molecular formula is C26H31ClN4O3. The molecule has 1 aliphatic heterocycles. The maximum atomic E-state index is 12.9. The number of carbonyl (C=O) groups excluding carboxylic acids is 1. The largest absolute Gasteiger partial charge is 0.481 e. The van der Waals surface area contributed by atoms with E-state index in [0.29, 0.717) is 42.7 Å². The molecule has 2 aromatic carbocycles. The van der Waals surface area contributed by atoms with Crippen LogP contribution in [0.1, 0.15) is 42.6 Å². The molecule has 180 valence electrons. The van der Waals surface area contributed by atoms with E-state index in [-0.39, 0.29) is 5.91 Å². The first-order chi connectivity index (χ1) is 16.3. The average Bonchev–Trinajstić information content (AvgIpc) is 2.83. The molecule has 1 aliphatic rings. The first-order valence-electron chi connectivity index (χ1n) is 11.5. The van der Waals surface area contributed by atoms with Crippen LogP contribution in [0.15, 0.2) is 48.5 Å². The number of pyridine rings is 1. The molecule has 0 bridgehead atoms. The van der Waals surface area contributed by atoms with Crippen LogP contribution in [0.2, 0.25) is 5.02 Å². The van der Waals surface area contributed by atoms with Crippen molar-refractivity contribution < 1.29 is 14.7 Å². The number of carboxylic acids is 1. The Morgan fingerprint density at radius 3 is 2.53 bits per heavy atom. The highest BCUT2D eigenvalue weighted by Crippen LogP contribution is 2.29. The second-order valence-corrected chi connectivity index (χ2v) is 8.78. The summed E-state index contributed by atoms with van der Waals surface area (Å²) in [4.78, 5) is 29.2. The Hall–Kier alpha value is -3.00. The number of benzene rings is 2. The lowest BCUT2D eigenvalue weighted by Crippen LogP contribution is -2.51. The highest BCUT2D eigenvalue weighted by atomic mass is 35.5. The molecular weight excluding hydrogens is 452 g/mol. The molecule has 1 aromatic heterocycles. The highest BCUT2D eigenvalue weighted by molar-refractivity contribution is 6.35. The van der Waals surface area contributed by atoms with Crippen LogP contribution in [0.3, 0.4) is 0 Å². The van der Waals surface area contributed by atoms with Crippen LogP contribution in [0.4, 0.5) is 0 Å². The second kappa shape index (κ2) is 11.9. The molecule has 1 saturated heterocycles. The summed E-state index contributed by atoms with van der Waals surface area (Å²) in [7, 11) is 0. The number of hydrogen-bond acceptors (Lipinski definition) is 5. The maximum Gasteiger partial charge on any atom is 0.303 e. The predicted molar refractivity (Wildman–Crippen MR) is 136 cm³/mol. The maximum absolute atomic E-state index is 12.9. The Labute approximate surface area is 204 Å². The number of rotatable bonds is 5. The summed E-state index contributed by atoms with van der Waals surface area (Å²) < 4.78 is 0. The number of carboxylic acid groups (broad SMARTS) is 1. The molecule has 0 radical (unpaired) electrons. The molecule has 1 atom stereocenters. The van der Waals surface area contributed by atoms with Gasteiger partial charge in [-0.15, -0.1) is 0 Å². The first-order valence-corrected chi connectivity index (χ1v) is 11.8. The van der Waals surface area contributed by atoms with Crippen LogP contribution >= 0.6 is 11.6 Å². The molecule has 2 heterocycles. The molecule has 8 heteroatoms. The zero-order chi connectivity index (χ0) is 24.7. The summed E-state index contributed by atoms with van der Waals surface area (Å²) in [6.45, 7) is 6.66. The molecule has 1 amide bonds. The number of nitrogens with zero attached hydrogens (tertiary/aromatic N) is 2. The zero-order valence-electron chi connectivity index (χ0n) is 19.6. The summed E-state index contributed by atoms with van der Waals surface area (Å²) in [5, 5.41) is 12.7. The monoisotopic (exact) mass is 482 g/mol. The summed E-state index contributed by atoms with van der Waals surface area (Å²) in [5.41, 5.74) is 9.85. The van der Waals surface area contributed by atoms with Gasteiger partial charge in [0.25, 0.3) is 5.91 Å². The Balaban J connectivity index is 0.000000481. The predicted octanol–water partition coefficient (Wildman–Crippen LogP) is 4.32. The third-order valence-electron chi connectivity index (χ3n) is 5.61. The van der Waals surface area contributed by atoms with E-state index in [4.69, 9.17) is 27.4 Å². The summed E-state index contributed by atoms with van der Waals surface area (Å²) >= 11 is 6.51. The van der Waals surface area contributed by atoms with E-state index < -0.39 is 5.97 Å². The molecule has 4 rings (SSSR count). The van der Waals surface area contributed by atoms with Crippen molar-refractivity contribution in [1.29, 1.82) is 0 Å². The van der Waals surface area contributed by atoms with Gasteiger partial charge in [-0.1, -0.05) is 48.9 Å². The quantitative estimate of drug-likeness (QED) is 0.499. The van der Waals surface area contributed by atoms with E-state index >= 15 is 0 Å². The van der Waals surface area contributed by atoms with Gasteiger partial charge in [0.05, 0.1) is 16.2 Å². The highest BCUT2D eigenvalue weighted by Gasteiger charge is 2.22. The number of nitrogens with two attached hydrogens (primary N) is 1. The van der Waals surface area contributed by atoms with E-state index in [1.807, 2.05) is 60.4 Å². The number of aromatic nitrogens is 1. The van der Waals surface area contributed by atoms with Gasteiger partial charge in [0.1, 0.15) is 0 Å². The van der Waals surface area contributed by atoms with E-state index in [0.717, 1.165) is 40.7 Å². The Bertz CT molecular complexity index is 1150. The number of nitrogens with one attached hydrogen (secondary N) is 1. The molecule has 7 nitrogen and oxygen atoms in total. The number of piperazine rings is 1. The van der Waals surface area contributed by atoms with E-state index in [9.17, 15) is 9.59 Å². The van der Waals surface area contributed by atoms with Crippen molar-refractivity contribution in [2.75, 3.05) is 19.6 Å². The van der Waals surface area contributed by atoms with E-state index in [1.54, 1.807) is 0 Å². The molecule has 0 aliphatic carbocycles. The fraction of sp³-hybridized carbons (Fsp3) is 0.346. The van der Waals surface area contributed by atoms with Gasteiger partial charge in [-0.25, -0.2) is 4.98 Å². The van der Waals surface area contributed by atoms with Crippen molar-refractivity contribution >= 4 is 34.4 Å². The summed E-state index contributed by atoms with van der Waals surface area (Å²) in [5.74, 6) is -0.677. The van der Waals surface area contributed by atoms with Crippen molar-refractivity contribution in [2.45, 2.75) is 39.3 Å². The standard InChI is InChI=1S/C22H23ClN4O.C4H8O2/c1-14-13-27(9-8-25-14)22(28)17-6-7-18-19(23)11-20(26-21(18)10-17)16-4-2-15(12-24)3-5-16;1-2-3-4(5)6/h2-7,10-11,14,25H,8-9,12-13,24H2,1H3;2-3H2,1H3,(H,5,6)/t14-;/m1./s1. The van der Waals surface area contributed by atoms with Crippen LogP contribution < -0.4 is 11.1 Å². The molecule has 34 heavy (non-hydrogen) atoms. The Morgan fingerprint density at radius 2 is 1.94 bits per heavy atom. The first kappa shape index (κ1) is 25.6. The topological polar surface area (TPSA) is 109 Å². The molecule has 3 aromatic rings. The van der Waals surface area contributed by atoms with Crippen molar-refractivity contribution in [3.05, 3.63) is 64.7 Å². The number of fused-ring (bicyclic) bond motifs is 1. The lowest BCUT2D eigenvalue weighted by atomic mass is 10.1. The van der Waals surface area contributed by atoms with Gasteiger partial charge in [-0.3, -0.25) is 9.59 Å². The molecule has 0 spiro atoms. The molecule has 0 saturated carbocycles. The smallest absolute Gasteiger partial charge is 0.303 e. The Morgan fingerprint density at radius 1 is 1.21 bits per heavy atom. The van der Waals surface area contributed by atoms with Crippen molar-refractivity contribution in [3.63, 3.8) is 0 Å². The molecule has 1 fully saturated rings. The fourth-order valence-corrected chi connectivity index (χ4v) is 4.05. The van der Waals surface area contributed by atoms with Gasteiger partial charge in [0.15, 0.2) is 0 Å². The number of amides is 1. The minimum Gasteiger partial charge on any atom is -0.481 e. The van der Waals surface area contributed by atoms with Gasteiger partial charge in [-0.05, 0) is 37.1 Å². The number of hydrogen-bond donors (Lipinski definition) is 3. The van der Waals surface area contributed by atoms with Crippen molar-refractivity contribution in [3.8, 4) is 11.3 Å². The van der Waals surface area contributed by atoms with Crippen molar-refractivity contribution in [1.82, 2.24) is 15.2 Å². The molecule has 0 unspecified atom stereocenters. The number of aliphatic carboxylic acids is 1. The van der Waals surface area contributed by atoms with Crippen LogP contribution in [-0.2, 0) is 11.3 Å². The minimum atomic E-state index is -0.711. The number of carbonyl (C=O) groups is 2. The second-order valence-electron chi connectivity index (χ2n) is 8.37. The van der Waals surface area contributed by atoms with E-state index in [1.165, 1.54) is 0 Å². The van der Waals surface area contributed by atoms with Crippen LogP contribution in [0.5, 0.6) is 0 Å². The SMILES string of the molecule is CCCC(=O)O.C[C@@H]1CN(C(=O)c2ccc3c(Cl)cc(-c4ccc(CN)cc4)nc3c2)CCN1. The van der Waals surface area contributed by atoms with Crippen LogP contribution in [0, 0.1) is 0 Å². The summed E-state index contributed by atoms with van der Waals surface area (Å²) in [6, 6.07) is 15.7. The van der Waals surface area contributed by atoms with Gasteiger partial charge in [0.2, 0.25) is 0 Å². The normalized spacial score (nSPS) is 15.5. The fourth-order valence-electron chi connectivity index (χ4n) is 3.79. The zero-order valence-corrected chi connectivity index (χ0v) is 20.3. The third-order valence-corrected chi connectivity index (χ3v) is 5.92. The van der Waals surface area contributed by atoms with E-state index in [2.05, 4.69) is 12.2 Å². The van der Waals surface area contributed by atoms with Gasteiger partial charge in [-0.2, -0.15) is 0 Å².